The van der Waals surface area contributed by atoms with Crippen LogP contribution >= 0.6 is 15.9 Å². The first-order valence-electron chi connectivity index (χ1n) is 5.64. The molecule has 2 rings (SSSR count). The molecule has 0 aromatic heterocycles. The first-order valence-corrected chi connectivity index (χ1v) is 6.43. The van der Waals surface area contributed by atoms with Gasteiger partial charge in [0.05, 0.1) is 11.3 Å². The number of nitrogens with zero attached hydrogens (tertiary/aromatic N) is 1. The van der Waals surface area contributed by atoms with Crippen molar-refractivity contribution in [3.05, 3.63) is 28.2 Å². The third-order valence-corrected chi connectivity index (χ3v) is 3.33. The number of halogens is 4. The molecule has 0 atom stereocenters. The molecule has 0 heterocycles. The molecule has 1 fully saturated rings. The highest BCUT2D eigenvalue weighted by atomic mass is 79.9. The number of hydrogen-bond acceptors (Lipinski definition) is 2. The van der Waals surface area contributed by atoms with Crippen LogP contribution in [0, 0.1) is 0 Å². The lowest BCUT2D eigenvalue weighted by molar-refractivity contribution is -0.120. The number of anilines is 1. The lowest BCUT2D eigenvalue weighted by atomic mass is 10.1. The maximum absolute atomic E-state index is 12.6. The summed E-state index contributed by atoms with van der Waals surface area (Å²) >= 11 is 3.12. The molecule has 0 radical (unpaired) electrons. The molecule has 0 saturated heterocycles. The Balaban J connectivity index is 2.39. The monoisotopic (exact) mass is 337 g/mol. The third kappa shape index (κ3) is 3.62. The van der Waals surface area contributed by atoms with E-state index in [2.05, 4.69) is 15.9 Å². The van der Waals surface area contributed by atoms with Gasteiger partial charge in [-0.05, 0) is 31.0 Å². The van der Waals surface area contributed by atoms with E-state index >= 15 is 0 Å². The van der Waals surface area contributed by atoms with Gasteiger partial charge in [-0.2, -0.15) is 13.2 Å². The molecular formula is C12H11BrF3NO2. The maximum Gasteiger partial charge on any atom is 0.405 e. The zero-order valence-electron chi connectivity index (χ0n) is 9.75. The van der Waals surface area contributed by atoms with Crippen LogP contribution in [0.1, 0.15) is 23.2 Å². The number of aromatic carboxylic acids is 1. The summed E-state index contributed by atoms with van der Waals surface area (Å²) in [5.74, 6) is -1.23. The summed E-state index contributed by atoms with van der Waals surface area (Å²) in [6.07, 6.45) is -3.04. The Labute approximate surface area is 116 Å². The highest BCUT2D eigenvalue weighted by Gasteiger charge is 2.39. The average molecular weight is 338 g/mol. The van der Waals surface area contributed by atoms with Gasteiger partial charge in [0.15, 0.2) is 0 Å². The van der Waals surface area contributed by atoms with Crippen molar-refractivity contribution in [3.63, 3.8) is 0 Å². The Morgan fingerprint density at radius 3 is 2.53 bits per heavy atom. The average Bonchev–Trinajstić information content (AvgIpc) is 3.08. The number of carbonyl (C=O) groups is 1. The minimum absolute atomic E-state index is 0.120. The Kier molecular flexibility index (Phi) is 3.75. The summed E-state index contributed by atoms with van der Waals surface area (Å²) in [6.45, 7) is -1.13. The van der Waals surface area contributed by atoms with Gasteiger partial charge in [0.2, 0.25) is 0 Å². The summed E-state index contributed by atoms with van der Waals surface area (Å²) in [5.41, 5.74) is 0.000972. The van der Waals surface area contributed by atoms with Crippen molar-refractivity contribution in [3.8, 4) is 0 Å². The maximum atomic E-state index is 12.6. The van der Waals surface area contributed by atoms with Crippen molar-refractivity contribution >= 4 is 27.6 Å². The van der Waals surface area contributed by atoms with Crippen molar-refractivity contribution < 1.29 is 23.1 Å². The normalized spacial score (nSPS) is 15.4. The van der Waals surface area contributed by atoms with Gasteiger partial charge in [0.1, 0.15) is 6.54 Å². The number of carboxylic acids is 1. The molecule has 0 bridgehead atoms. The van der Waals surface area contributed by atoms with Gasteiger partial charge in [-0.1, -0.05) is 15.9 Å². The van der Waals surface area contributed by atoms with Crippen molar-refractivity contribution in [1.29, 1.82) is 0 Å². The van der Waals surface area contributed by atoms with Gasteiger partial charge >= 0.3 is 12.1 Å². The van der Waals surface area contributed by atoms with E-state index in [4.69, 9.17) is 5.11 Å². The molecule has 7 heteroatoms. The summed E-state index contributed by atoms with van der Waals surface area (Å²) in [5, 5.41) is 9.11. The molecule has 19 heavy (non-hydrogen) atoms. The van der Waals surface area contributed by atoms with Crippen LogP contribution < -0.4 is 4.90 Å². The summed E-state index contributed by atoms with van der Waals surface area (Å²) in [4.78, 5) is 12.3. The molecule has 1 aromatic carbocycles. The van der Waals surface area contributed by atoms with Crippen LogP contribution in [0.25, 0.3) is 0 Å². The number of alkyl halides is 3. The van der Waals surface area contributed by atoms with Crippen molar-refractivity contribution in [2.45, 2.75) is 25.1 Å². The van der Waals surface area contributed by atoms with Gasteiger partial charge in [-0.3, -0.25) is 0 Å². The van der Waals surface area contributed by atoms with Crippen LogP contribution in [-0.4, -0.2) is 29.8 Å². The van der Waals surface area contributed by atoms with Gasteiger partial charge in [-0.15, -0.1) is 0 Å². The summed E-state index contributed by atoms with van der Waals surface area (Å²) < 4.78 is 38.3. The van der Waals surface area contributed by atoms with Crippen molar-refractivity contribution in [2.75, 3.05) is 11.4 Å². The Hall–Kier alpha value is -1.24. The van der Waals surface area contributed by atoms with Crippen molar-refractivity contribution in [2.24, 2.45) is 0 Å². The minimum Gasteiger partial charge on any atom is -0.478 e. The molecular weight excluding hydrogens is 327 g/mol. The topological polar surface area (TPSA) is 40.5 Å². The van der Waals surface area contributed by atoms with Crippen LogP contribution in [0.3, 0.4) is 0 Å². The first-order chi connectivity index (χ1) is 8.78. The third-order valence-electron chi connectivity index (χ3n) is 2.84. The zero-order valence-corrected chi connectivity index (χ0v) is 11.3. The van der Waals surface area contributed by atoms with E-state index in [1.807, 2.05) is 0 Å². The van der Waals surface area contributed by atoms with Crippen LogP contribution in [0.4, 0.5) is 18.9 Å². The quantitative estimate of drug-likeness (QED) is 0.911. The van der Waals surface area contributed by atoms with E-state index < -0.39 is 18.7 Å². The highest BCUT2D eigenvalue weighted by Crippen LogP contribution is 2.36. The van der Waals surface area contributed by atoms with Gasteiger partial charge in [-0.25, -0.2) is 4.79 Å². The summed E-state index contributed by atoms with van der Waals surface area (Å²) in [6, 6.07) is 4.06. The van der Waals surface area contributed by atoms with Gasteiger partial charge in [0, 0.05) is 10.5 Å². The number of benzene rings is 1. The van der Waals surface area contributed by atoms with E-state index in [0.29, 0.717) is 17.3 Å². The largest absolute Gasteiger partial charge is 0.478 e. The predicted molar refractivity (Wildman–Crippen MR) is 67.5 cm³/mol. The lowest BCUT2D eigenvalue weighted by Gasteiger charge is -2.27. The number of rotatable bonds is 4. The van der Waals surface area contributed by atoms with E-state index in [1.165, 1.54) is 12.1 Å². The number of carboxylic acid groups (broad SMARTS) is 1. The molecule has 1 saturated carbocycles. The number of hydrogen-bond donors (Lipinski definition) is 1. The van der Waals surface area contributed by atoms with Crippen LogP contribution in [-0.2, 0) is 0 Å². The fourth-order valence-electron chi connectivity index (χ4n) is 1.92. The Bertz CT molecular complexity index is 500. The fraction of sp³-hybridized carbons (Fsp3) is 0.417. The smallest absolute Gasteiger partial charge is 0.405 e. The SMILES string of the molecule is O=C(O)c1cc(Br)ccc1N(CC(F)(F)F)C1CC1. The summed E-state index contributed by atoms with van der Waals surface area (Å²) in [7, 11) is 0. The van der Waals surface area contributed by atoms with Gasteiger partial charge in [0.25, 0.3) is 0 Å². The molecule has 3 nitrogen and oxygen atoms in total. The Morgan fingerprint density at radius 1 is 1.42 bits per heavy atom. The first kappa shape index (κ1) is 14.2. The predicted octanol–water partition coefficient (Wildman–Crippen LogP) is 3.68. The molecule has 1 N–H and O–H groups in total. The van der Waals surface area contributed by atoms with E-state index in [1.54, 1.807) is 6.07 Å². The van der Waals surface area contributed by atoms with E-state index in [9.17, 15) is 18.0 Å². The molecule has 1 aromatic rings. The fourth-order valence-corrected chi connectivity index (χ4v) is 2.28. The second-order valence-electron chi connectivity index (χ2n) is 4.44. The zero-order chi connectivity index (χ0) is 14.2. The highest BCUT2D eigenvalue weighted by molar-refractivity contribution is 9.10. The van der Waals surface area contributed by atoms with Crippen LogP contribution in [0.5, 0.6) is 0 Å². The molecule has 0 aliphatic heterocycles. The lowest BCUT2D eigenvalue weighted by Crippen LogP contribution is -2.36. The molecule has 0 amide bonds. The Morgan fingerprint density at radius 2 is 2.05 bits per heavy atom. The van der Waals surface area contributed by atoms with Crippen LogP contribution in [0.2, 0.25) is 0 Å². The van der Waals surface area contributed by atoms with E-state index in [-0.39, 0.29) is 17.3 Å². The van der Waals surface area contributed by atoms with E-state index in [0.717, 1.165) is 4.90 Å². The molecule has 0 unspecified atom stereocenters. The molecule has 1 aliphatic rings. The second kappa shape index (κ2) is 5.03. The second-order valence-corrected chi connectivity index (χ2v) is 5.36. The standard InChI is InChI=1S/C12H11BrF3NO2/c13-7-1-4-10(9(5-7)11(18)19)17(8-2-3-8)6-12(14,15)16/h1,4-5,8H,2-3,6H2,(H,18,19). The van der Waals surface area contributed by atoms with Gasteiger partial charge < -0.3 is 10.0 Å². The van der Waals surface area contributed by atoms with Crippen LogP contribution in [0.15, 0.2) is 22.7 Å². The molecule has 0 spiro atoms. The molecule has 104 valence electrons. The van der Waals surface area contributed by atoms with Crippen molar-refractivity contribution in [1.82, 2.24) is 0 Å². The molecule has 1 aliphatic carbocycles. The minimum atomic E-state index is -4.36.